The molecule has 1 aromatic rings. The highest BCUT2D eigenvalue weighted by Crippen LogP contribution is 2.32. The number of unbranched alkanes of at least 4 members (excludes halogenated alkanes) is 3. The first-order valence-electron chi connectivity index (χ1n) is 10.6. The average Bonchev–Trinajstić information content (AvgIpc) is 2.72. The molecule has 1 aliphatic rings. The van der Waals surface area contributed by atoms with Crippen molar-refractivity contribution in [1.29, 1.82) is 0 Å². The Morgan fingerprint density at radius 3 is 2.32 bits per heavy atom. The Labute approximate surface area is 177 Å². The van der Waals surface area contributed by atoms with Crippen molar-refractivity contribution in [2.24, 2.45) is 5.92 Å². The van der Waals surface area contributed by atoms with E-state index >= 15 is 0 Å². The molecule has 1 fully saturated rings. The van der Waals surface area contributed by atoms with Crippen molar-refractivity contribution < 1.29 is 19.1 Å². The largest absolute Gasteiger partial charge is 0.459 e. The maximum atomic E-state index is 13.0. The Kier molecular flexibility index (Phi) is 10.6. The normalized spacial score (nSPS) is 16.9. The highest BCUT2D eigenvalue weighted by molar-refractivity contribution is 9.09. The molecule has 1 aliphatic carbocycles. The number of ether oxygens (including phenoxy) is 2. The van der Waals surface area contributed by atoms with Gasteiger partial charge in [-0.3, -0.25) is 4.79 Å². The fourth-order valence-corrected chi connectivity index (χ4v) is 4.34. The maximum absolute atomic E-state index is 13.0. The monoisotopic (exact) mass is 452 g/mol. The summed E-state index contributed by atoms with van der Waals surface area (Å²) in [6, 6.07) is 9.14. The van der Waals surface area contributed by atoms with Crippen molar-refractivity contribution in [3.05, 3.63) is 35.9 Å². The predicted molar refractivity (Wildman–Crippen MR) is 114 cm³/mol. The van der Waals surface area contributed by atoms with Crippen LogP contribution in [0.4, 0.5) is 0 Å². The van der Waals surface area contributed by atoms with Crippen LogP contribution in [0.25, 0.3) is 0 Å². The van der Waals surface area contributed by atoms with Crippen molar-refractivity contribution in [3.63, 3.8) is 0 Å². The van der Waals surface area contributed by atoms with Gasteiger partial charge in [0.1, 0.15) is 6.10 Å². The van der Waals surface area contributed by atoms with Crippen LogP contribution in [0, 0.1) is 5.92 Å². The molecular formula is C23H33BrO4. The predicted octanol–water partition coefficient (Wildman–Crippen LogP) is 6.13. The van der Waals surface area contributed by atoms with Crippen molar-refractivity contribution in [3.8, 4) is 0 Å². The van der Waals surface area contributed by atoms with E-state index in [9.17, 15) is 9.59 Å². The van der Waals surface area contributed by atoms with Crippen molar-refractivity contribution in [2.75, 3.05) is 5.33 Å². The minimum absolute atomic E-state index is 0.0847. The van der Waals surface area contributed by atoms with E-state index in [1.807, 2.05) is 18.2 Å². The van der Waals surface area contributed by atoms with Crippen LogP contribution in [0.15, 0.2) is 30.3 Å². The molecule has 0 bridgehead atoms. The number of hydrogen-bond donors (Lipinski definition) is 0. The molecule has 1 saturated carbocycles. The number of rotatable bonds is 11. The van der Waals surface area contributed by atoms with Crippen LogP contribution >= 0.6 is 15.9 Å². The van der Waals surface area contributed by atoms with Gasteiger partial charge in [0.15, 0.2) is 0 Å². The zero-order chi connectivity index (χ0) is 20.2. The number of hydrogen-bond acceptors (Lipinski definition) is 4. The third-order valence-electron chi connectivity index (χ3n) is 5.42. The molecule has 1 aromatic carbocycles. The quantitative estimate of drug-likeness (QED) is 0.230. The lowest BCUT2D eigenvalue weighted by molar-refractivity contribution is -0.174. The number of benzene rings is 1. The topological polar surface area (TPSA) is 52.6 Å². The number of alkyl halides is 1. The van der Waals surface area contributed by atoms with Crippen LogP contribution in [-0.2, 0) is 19.1 Å². The van der Waals surface area contributed by atoms with Crippen LogP contribution in [0.2, 0.25) is 0 Å². The summed E-state index contributed by atoms with van der Waals surface area (Å²) in [6.45, 7) is 1.33. The van der Waals surface area contributed by atoms with Crippen molar-refractivity contribution in [2.45, 2.75) is 83.3 Å². The fraction of sp³-hybridized carbons (Fsp3) is 0.652. The lowest BCUT2D eigenvalue weighted by atomic mass is 9.83. The molecule has 4 nitrogen and oxygen atoms in total. The van der Waals surface area contributed by atoms with Gasteiger partial charge in [-0.25, -0.2) is 4.79 Å². The molecule has 2 atom stereocenters. The van der Waals surface area contributed by atoms with Gasteiger partial charge in [-0.2, -0.15) is 0 Å². The van der Waals surface area contributed by atoms with E-state index in [0.29, 0.717) is 11.5 Å². The Hall–Kier alpha value is -1.36. The van der Waals surface area contributed by atoms with E-state index in [0.717, 1.165) is 37.4 Å². The van der Waals surface area contributed by atoms with Gasteiger partial charge in [0.25, 0.3) is 0 Å². The third kappa shape index (κ3) is 7.94. The molecule has 0 N–H and O–H groups in total. The molecule has 0 unspecified atom stereocenters. The Morgan fingerprint density at radius 2 is 1.68 bits per heavy atom. The SMILES string of the molecule is CC(=O)O[C@H](C(=O)O[C@@H](CCCCCCBr)C1CCCCC1)c1ccccc1. The third-order valence-corrected chi connectivity index (χ3v) is 5.98. The Bertz CT molecular complexity index is 584. The Balaban J connectivity index is 2.03. The van der Waals surface area contributed by atoms with Gasteiger partial charge in [-0.1, -0.05) is 78.4 Å². The second-order valence-corrected chi connectivity index (χ2v) is 8.46. The number of halogens is 1. The summed E-state index contributed by atoms with van der Waals surface area (Å²) < 4.78 is 11.3. The van der Waals surface area contributed by atoms with Crippen molar-refractivity contribution >= 4 is 27.9 Å². The zero-order valence-corrected chi connectivity index (χ0v) is 18.5. The highest BCUT2D eigenvalue weighted by Gasteiger charge is 2.32. The molecular weight excluding hydrogens is 420 g/mol. The van der Waals surface area contributed by atoms with Crippen LogP contribution in [-0.4, -0.2) is 23.4 Å². The molecule has 0 radical (unpaired) electrons. The molecule has 0 aliphatic heterocycles. The van der Waals surface area contributed by atoms with Crippen LogP contribution < -0.4 is 0 Å². The first kappa shape index (κ1) is 22.9. The van der Waals surface area contributed by atoms with Gasteiger partial charge in [-0.05, 0) is 38.0 Å². The summed E-state index contributed by atoms with van der Waals surface area (Å²) in [5, 5.41) is 1.04. The molecule has 5 heteroatoms. The lowest BCUT2D eigenvalue weighted by Gasteiger charge is -2.31. The minimum Gasteiger partial charge on any atom is -0.459 e. The van der Waals surface area contributed by atoms with E-state index in [2.05, 4.69) is 15.9 Å². The Morgan fingerprint density at radius 1 is 1.00 bits per heavy atom. The van der Waals surface area contributed by atoms with Crippen LogP contribution in [0.1, 0.15) is 82.8 Å². The average molecular weight is 453 g/mol. The minimum atomic E-state index is -0.988. The number of esters is 2. The van der Waals surface area contributed by atoms with Gasteiger partial charge in [-0.15, -0.1) is 0 Å². The number of carbonyl (C=O) groups excluding carboxylic acids is 2. The van der Waals surface area contributed by atoms with Gasteiger partial charge >= 0.3 is 11.9 Å². The summed E-state index contributed by atoms with van der Waals surface area (Å²) in [4.78, 5) is 24.5. The summed E-state index contributed by atoms with van der Waals surface area (Å²) >= 11 is 3.47. The second kappa shape index (κ2) is 13.0. The molecule has 0 heterocycles. The fourth-order valence-electron chi connectivity index (χ4n) is 3.95. The van der Waals surface area contributed by atoms with E-state index in [1.165, 1.54) is 39.0 Å². The summed E-state index contributed by atoms with van der Waals surface area (Å²) in [7, 11) is 0. The van der Waals surface area contributed by atoms with Gasteiger partial charge < -0.3 is 9.47 Å². The van der Waals surface area contributed by atoms with Crippen LogP contribution in [0.5, 0.6) is 0 Å². The molecule has 28 heavy (non-hydrogen) atoms. The van der Waals surface area contributed by atoms with E-state index in [1.54, 1.807) is 12.1 Å². The van der Waals surface area contributed by atoms with Crippen molar-refractivity contribution in [1.82, 2.24) is 0 Å². The standard InChI is InChI=1S/C23H33BrO4/c1-18(25)27-22(20-14-8-5-9-15-20)23(26)28-21(16-10-2-3-11-17-24)19-12-6-4-7-13-19/h5,8-9,14-15,19,21-22H,2-4,6-7,10-13,16-17H2,1H3/t21-,22-/m0/s1. The summed E-state index contributed by atoms with van der Waals surface area (Å²) in [6.07, 6.45) is 10.3. The summed E-state index contributed by atoms with van der Waals surface area (Å²) in [5.41, 5.74) is 0.655. The number of carbonyl (C=O) groups is 2. The molecule has 0 aromatic heterocycles. The molecule has 0 spiro atoms. The molecule has 156 valence electrons. The van der Waals surface area contributed by atoms with Gasteiger partial charge in [0.2, 0.25) is 6.10 Å². The second-order valence-electron chi connectivity index (χ2n) is 7.67. The molecule has 2 rings (SSSR count). The lowest BCUT2D eigenvalue weighted by Crippen LogP contribution is -2.32. The van der Waals surface area contributed by atoms with Gasteiger partial charge in [0.05, 0.1) is 0 Å². The molecule has 0 saturated heterocycles. The smallest absolute Gasteiger partial charge is 0.352 e. The first-order valence-corrected chi connectivity index (χ1v) is 11.7. The van der Waals surface area contributed by atoms with E-state index in [-0.39, 0.29) is 6.10 Å². The van der Waals surface area contributed by atoms with Crippen LogP contribution in [0.3, 0.4) is 0 Å². The molecule has 0 amide bonds. The first-order chi connectivity index (χ1) is 13.6. The van der Waals surface area contributed by atoms with Gasteiger partial charge in [0, 0.05) is 17.8 Å². The maximum Gasteiger partial charge on any atom is 0.352 e. The highest BCUT2D eigenvalue weighted by atomic mass is 79.9. The zero-order valence-electron chi connectivity index (χ0n) is 16.9. The summed E-state index contributed by atoms with van der Waals surface area (Å²) in [5.74, 6) is -0.505. The van der Waals surface area contributed by atoms with E-state index in [4.69, 9.17) is 9.47 Å². The van der Waals surface area contributed by atoms with E-state index < -0.39 is 18.0 Å².